The molecule has 6 N–H and O–H groups in total. The molecular formula is C10H16FN3O4. The van der Waals surface area contributed by atoms with Crippen LogP contribution in [0.5, 0.6) is 0 Å². The average Bonchev–Trinajstić information content (AvgIpc) is 2.66. The Balaban J connectivity index is 2.57. The first kappa shape index (κ1) is 14.5. The molecule has 8 heteroatoms. The molecule has 7 nitrogen and oxygen atoms in total. The fourth-order valence-corrected chi connectivity index (χ4v) is 1.91. The van der Waals surface area contributed by atoms with Crippen LogP contribution < -0.4 is 16.8 Å². The summed E-state index contributed by atoms with van der Waals surface area (Å²) in [5.74, 6) is -3.61. The third-order valence-corrected chi connectivity index (χ3v) is 2.96. The van der Waals surface area contributed by atoms with E-state index in [1.54, 1.807) is 0 Å². The third-order valence-electron chi connectivity index (χ3n) is 2.96. The van der Waals surface area contributed by atoms with Crippen LogP contribution in [0.2, 0.25) is 0 Å². The van der Waals surface area contributed by atoms with Crippen LogP contribution >= 0.6 is 0 Å². The lowest BCUT2D eigenvalue weighted by atomic mass is 9.92. The van der Waals surface area contributed by atoms with Crippen LogP contribution in [-0.4, -0.2) is 47.6 Å². The van der Waals surface area contributed by atoms with E-state index in [1.165, 1.54) is 0 Å². The minimum atomic E-state index is -1.81. The molecule has 0 aromatic rings. The number of carboxylic acid groups (broad SMARTS) is 1. The molecule has 1 rings (SSSR count). The second-order valence-corrected chi connectivity index (χ2v) is 4.29. The lowest BCUT2D eigenvalue weighted by Gasteiger charge is -2.16. The molecule has 1 amide bonds. The molecule has 102 valence electrons. The van der Waals surface area contributed by atoms with Crippen molar-refractivity contribution in [1.29, 1.82) is 0 Å². The Labute approximate surface area is 103 Å². The van der Waals surface area contributed by atoms with E-state index >= 15 is 0 Å². The van der Waals surface area contributed by atoms with Gasteiger partial charge in [0.1, 0.15) is 12.2 Å². The molecular weight excluding hydrogens is 245 g/mol. The van der Waals surface area contributed by atoms with E-state index < -0.39 is 41.8 Å². The van der Waals surface area contributed by atoms with Gasteiger partial charge in [-0.2, -0.15) is 0 Å². The Bertz CT molecular complexity index is 363. The maximum Gasteiger partial charge on any atom is 0.323 e. The van der Waals surface area contributed by atoms with Crippen molar-refractivity contribution in [3.05, 3.63) is 0 Å². The minimum absolute atomic E-state index is 0.0368. The van der Waals surface area contributed by atoms with Crippen LogP contribution in [-0.2, 0) is 14.4 Å². The van der Waals surface area contributed by atoms with Gasteiger partial charge in [0.25, 0.3) is 0 Å². The number of alkyl halides is 1. The maximum absolute atomic E-state index is 13.7. The van der Waals surface area contributed by atoms with E-state index in [9.17, 15) is 18.8 Å². The first-order chi connectivity index (χ1) is 8.34. The van der Waals surface area contributed by atoms with Crippen molar-refractivity contribution in [2.45, 2.75) is 31.1 Å². The van der Waals surface area contributed by atoms with Gasteiger partial charge in [0, 0.05) is 13.0 Å². The smallest absolute Gasteiger partial charge is 0.323 e. The van der Waals surface area contributed by atoms with Crippen molar-refractivity contribution in [3.63, 3.8) is 0 Å². The summed E-state index contributed by atoms with van der Waals surface area (Å²) < 4.78 is 13.7. The van der Waals surface area contributed by atoms with Gasteiger partial charge in [-0.3, -0.25) is 14.4 Å². The number of amides is 1. The highest BCUT2D eigenvalue weighted by atomic mass is 19.1. The number of nitrogens with two attached hydrogens (primary N) is 2. The molecule has 1 heterocycles. The summed E-state index contributed by atoms with van der Waals surface area (Å²) in [4.78, 5) is 33.0. The number of ketones is 1. The van der Waals surface area contributed by atoms with Crippen LogP contribution in [0.4, 0.5) is 4.39 Å². The maximum atomic E-state index is 13.7. The molecule has 0 radical (unpaired) electrons. The number of hydrogen-bond donors (Lipinski definition) is 4. The normalized spacial score (nSPS) is 28.9. The third kappa shape index (κ3) is 3.23. The van der Waals surface area contributed by atoms with E-state index in [1.807, 2.05) is 0 Å². The van der Waals surface area contributed by atoms with Crippen LogP contribution in [0.15, 0.2) is 0 Å². The van der Waals surface area contributed by atoms with Crippen molar-refractivity contribution in [2.24, 2.45) is 17.4 Å². The molecule has 4 atom stereocenters. The summed E-state index contributed by atoms with van der Waals surface area (Å²) in [5, 5.41) is 11.1. The lowest BCUT2D eigenvalue weighted by molar-refractivity contribution is -0.140. The Morgan fingerprint density at radius 3 is 2.50 bits per heavy atom. The van der Waals surface area contributed by atoms with Crippen LogP contribution in [0.1, 0.15) is 12.8 Å². The van der Waals surface area contributed by atoms with Gasteiger partial charge in [-0.1, -0.05) is 0 Å². The summed E-state index contributed by atoms with van der Waals surface area (Å²) in [5.41, 5.74) is 10.4. The number of nitrogens with one attached hydrogen (secondary N) is 1. The van der Waals surface area contributed by atoms with Crippen molar-refractivity contribution in [1.82, 2.24) is 5.32 Å². The van der Waals surface area contributed by atoms with E-state index in [-0.39, 0.29) is 19.4 Å². The van der Waals surface area contributed by atoms with Crippen LogP contribution in [0.25, 0.3) is 0 Å². The highest BCUT2D eigenvalue weighted by Gasteiger charge is 2.45. The van der Waals surface area contributed by atoms with Gasteiger partial charge >= 0.3 is 5.97 Å². The first-order valence-electron chi connectivity index (χ1n) is 5.52. The summed E-state index contributed by atoms with van der Waals surface area (Å²) in [7, 11) is 0. The van der Waals surface area contributed by atoms with Gasteiger partial charge in [-0.05, 0) is 6.42 Å². The SMILES string of the molecule is NC(=O)CCC(N)C(=O)[C@H]1CN[C@@H](C(=O)O)[C@@H]1F. The van der Waals surface area contributed by atoms with E-state index in [0.29, 0.717) is 0 Å². The molecule has 0 aliphatic carbocycles. The number of hydrogen-bond acceptors (Lipinski definition) is 5. The molecule has 0 spiro atoms. The van der Waals surface area contributed by atoms with Crippen molar-refractivity contribution in [2.75, 3.05) is 6.54 Å². The number of Topliss-reactive ketones (excluding diaryl/α,β-unsaturated/α-hetero) is 1. The Hall–Kier alpha value is -1.54. The number of rotatable bonds is 6. The molecule has 0 aromatic carbocycles. The van der Waals surface area contributed by atoms with Gasteiger partial charge in [-0.25, -0.2) is 4.39 Å². The number of primary amides is 1. The number of carbonyl (C=O) groups excluding carboxylic acids is 2. The number of carboxylic acids is 1. The zero-order chi connectivity index (χ0) is 13.9. The standard InChI is InChI=1S/C10H16FN3O4/c11-7-4(3-14-8(7)10(17)18)9(16)5(12)1-2-6(13)15/h4-5,7-8,14H,1-3,12H2,(H2,13,15)(H,17,18)/t4-,5?,7+,8+/m0/s1. The second kappa shape index (κ2) is 5.87. The number of carbonyl (C=O) groups is 3. The van der Waals surface area contributed by atoms with E-state index in [2.05, 4.69) is 5.32 Å². The lowest BCUT2D eigenvalue weighted by Crippen LogP contribution is -2.42. The summed E-state index contributed by atoms with van der Waals surface area (Å²) in [6.45, 7) is -0.0682. The highest BCUT2D eigenvalue weighted by Crippen LogP contribution is 2.21. The molecule has 0 aromatic heterocycles. The van der Waals surface area contributed by atoms with Gasteiger partial charge in [0.2, 0.25) is 5.91 Å². The average molecular weight is 261 g/mol. The quantitative estimate of drug-likeness (QED) is 0.443. The summed E-state index contributed by atoms with van der Waals surface area (Å²) >= 11 is 0. The fraction of sp³-hybridized carbons (Fsp3) is 0.700. The van der Waals surface area contributed by atoms with Gasteiger partial charge in [-0.15, -0.1) is 0 Å². The second-order valence-electron chi connectivity index (χ2n) is 4.29. The minimum Gasteiger partial charge on any atom is -0.480 e. The Morgan fingerprint density at radius 1 is 1.44 bits per heavy atom. The topological polar surface area (TPSA) is 136 Å². The first-order valence-corrected chi connectivity index (χ1v) is 5.52. The van der Waals surface area contributed by atoms with Crippen LogP contribution in [0, 0.1) is 5.92 Å². The summed E-state index contributed by atoms with van der Waals surface area (Å²) in [6.07, 6.45) is -1.84. The monoisotopic (exact) mass is 261 g/mol. The van der Waals surface area contributed by atoms with Crippen molar-refractivity contribution < 1.29 is 23.9 Å². The van der Waals surface area contributed by atoms with Crippen molar-refractivity contribution >= 4 is 17.7 Å². The Kier molecular flexibility index (Phi) is 4.74. The van der Waals surface area contributed by atoms with Gasteiger partial charge < -0.3 is 21.9 Å². The van der Waals surface area contributed by atoms with Crippen LogP contribution in [0.3, 0.4) is 0 Å². The number of aliphatic carboxylic acids is 1. The predicted molar refractivity (Wildman–Crippen MR) is 59.2 cm³/mol. The molecule has 1 unspecified atom stereocenters. The van der Waals surface area contributed by atoms with Crippen molar-refractivity contribution in [3.8, 4) is 0 Å². The van der Waals surface area contributed by atoms with Gasteiger partial charge in [0.05, 0.1) is 12.0 Å². The molecule has 0 saturated carbocycles. The zero-order valence-electron chi connectivity index (χ0n) is 9.64. The highest BCUT2D eigenvalue weighted by molar-refractivity contribution is 5.89. The zero-order valence-corrected chi connectivity index (χ0v) is 9.64. The largest absolute Gasteiger partial charge is 0.480 e. The van der Waals surface area contributed by atoms with E-state index in [0.717, 1.165) is 0 Å². The predicted octanol–water partition coefficient (Wildman–Crippen LogP) is -1.84. The van der Waals surface area contributed by atoms with Gasteiger partial charge in [0.15, 0.2) is 5.78 Å². The van der Waals surface area contributed by atoms with E-state index in [4.69, 9.17) is 16.6 Å². The molecule has 1 fully saturated rings. The molecule has 18 heavy (non-hydrogen) atoms. The Morgan fingerprint density at radius 2 is 2.06 bits per heavy atom. The molecule has 1 aliphatic rings. The summed E-state index contributed by atoms with van der Waals surface area (Å²) in [6, 6.07) is -2.39. The number of halogens is 1. The molecule has 1 saturated heterocycles. The fourth-order valence-electron chi connectivity index (χ4n) is 1.91. The molecule has 0 bridgehead atoms. The molecule has 1 aliphatic heterocycles.